The van der Waals surface area contributed by atoms with Crippen LogP contribution in [0.1, 0.15) is 18.4 Å². The van der Waals surface area contributed by atoms with Crippen LogP contribution in [0, 0.1) is 5.92 Å². The van der Waals surface area contributed by atoms with E-state index in [0.717, 1.165) is 36.2 Å². The largest absolute Gasteiger partial charge is 0.497 e. The van der Waals surface area contributed by atoms with Gasteiger partial charge in [-0.05, 0) is 56.0 Å². The summed E-state index contributed by atoms with van der Waals surface area (Å²) in [5, 5.41) is 4.21. The summed E-state index contributed by atoms with van der Waals surface area (Å²) in [4.78, 5) is 0. The fourth-order valence-corrected chi connectivity index (χ4v) is 2.47. The van der Waals surface area contributed by atoms with Gasteiger partial charge in [0.1, 0.15) is 5.75 Å². The van der Waals surface area contributed by atoms with Crippen LogP contribution in [0.25, 0.3) is 0 Å². The van der Waals surface area contributed by atoms with Gasteiger partial charge < -0.3 is 10.1 Å². The maximum absolute atomic E-state index is 6.23. The summed E-state index contributed by atoms with van der Waals surface area (Å²) in [5.41, 5.74) is 1.24. The summed E-state index contributed by atoms with van der Waals surface area (Å²) in [6.45, 7) is 2.27. The van der Waals surface area contributed by atoms with Crippen LogP contribution in [0.15, 0.2) is 18.2 Å². The second-order valence-corrected chi connectivity index (χ2v) is 4.76. The van der Waals surface area contributed by atoms with Crippen LogP contribution in [0.2, 0.25) is 5.02 Å². The number of benzene rings is 1. The normalized spacial score (nSPS) is 17.4. The predicted octanol–water partition coefficient (Wildman–Crippen LogP) is 2.89. The van der Waals surface area contributed by atoms with Crippen molar-refractivity contribution in [1.29, 1.82) is 0 Å². The molecule has 2 rings (SSSR count). The van der Waals surface area contributed by atoms with E-state index in [2.05, 4.69) is 11.4 Å². The van der Waals surface area contributed by atoms with Gasteiger partial charge in [-0.1, -0.05) is 17.7 Å². The number of rotatable bonds is 3. The molecule has 0 atom stereocenters. The molecule has 1 N–H and O–H groups in total. The minimum Gasteiger partial charge on any atom is -0.497 e. The van der Waals surface area contributed by atoms with Gasteiger partial charge in [0.2, 0.25) is 0 Å². The van der Waals surface area contributed by atoms with Gasteiger partial charge in [0, 0.05) is 5.02 Å². The lowest BCUT2D eigenvalue weighted by Crippen LogP contribution is -2.28. The van der Waals surface area contributed by atoms with Gasteiger partial charge in [-0.15, -0.1) is 0 Å². The quantitative estimate of drug-likeness (QED) is 0.876. The number of halogens is 1. The molecule has 1 saturated heterocycles. The molecule has 0 aromatic heterocycles. The first-order valence-electron chi connectivity index (χ1n) is 5.82. The van der Waals surface area contributed by atoms with Crippen molar-refractivity contribution in [2.45, 2.75) is 19.3 Å². The first-order valence-corrected chi connectivity index (χ1v) is 6.20. The van der Waals surface area contributed by atoms with Crippen LogP contribution in [-0.4, -0.2) is 20.2 Å². The molecule has 1 aliphatic heterocycles. The molecule has 0 aliphatic carbocycles. The number of piperidine rings is 1. The second kappa shape index (κ2) is 5.55. The third-order valence-electron chi connectivity index (χ3n) is 3.23. The van der Waals surface area contributed by atoms with Gasteiger partial charge in [-0.25, -0.2) is 0 Å². The lowest BCUT2D eigenvalue weighted by atomic mass is 9.91. The Hall–Kier alpha value is -0.730. The monoisotopic (exact) mass is 239 g/mol. The number of methoxy groups -OCH3 is 1. The molecule has 0 bridgehead atoms. The average molecular weight is 240 g/mol. The van der Waals surface area contributed by atoms with Gasteiger partial charge in [0.25, 0.3) is 0 Å². The van der Waals surface area contributed by atoms with Gasteiger partial charge >= 0.3 is 0 Å². The van der Waals surface area contributed by atoms with E-state index in [4.69, 9.17) is 16.3 Å². The standard InChI is InChI=1S/C13H18ClNO/c1-16-12-3-2-11(13(14)9-12)8-10-4-6-15-7-5-10/h2-3,9-10,15H,4-8H2,1H3. The molecule has 0 unspecified atom stereocenters. The molecular weight excluding hydrogens is 222 g/mol. The fourth-order valence-electron chi connectivity index (χ4n) is 2.22. The Morgan fingerprint density at radius 3 is 2.75 bits per heavy atom. The molecule has 0 spiro atoms. The Balaban J connectivity index is 2.03. The van der Waals surface area contributed by atoms with E-state index in [9.17, 15) is 0 Å². The Morgan fingerprint density at radius 2 is 2.12 bits per heavy atom. The van der Waals surface area contributed by atoms with Gasteiger partial charge in [0.05, 0.1) is 7.11 Å². The van der Waals surface area contributed by atoms with Crippen LogP contribution < -0.4 is 10.1 Å². The highest BCUT2D eigenvalue weighted by Gasteiger charge is 2.15. The summed E-state index contributed by atoms with van der Waals surface area (Å²) < 4.78 is 5.15. The summed E-state index contributed by atoms with van der Waals surface area (Å²) in [5.74, 6) is 1.60. The van der Waals surface area contributed by atoms with Crippen molar-refractivity contribution in [1.82, 2.24) is 5.32 Å². The molecule has 1 aromatic rings. The second-order valence-electron chi connectivity index (χ2n) is 4.35. The third-order valence-corrected chi connectivity index (χ3v) is 3.58. The summed E-state index contributed by atoms with van der Waals surface area (Å²) in [6.07, 6.45) is 3.59. The number of hydrogen-bond donors (Lipinski definition) is 1. The molecule has 3 heteroatoms. The highest BCUT2D eigenvalue weighted by Crippen LogP contribution is 2.26. The highest BCUT2D eigenvalue weighted by molar-refractivity contribution is 6.31. The Kier molecular flexibility index (Phi) is 4.08. The van der Waals surface area contributed by atoms with E-state index in [1.165, 1.54) is 18.4 Å². The summed E-state index contributed by atoms with van der Waals surface area (Å²) >= 11 is 6.23. The van der Waals surface area contributed by atoms with Gasteiger partial charge in [-0.2, -0.15) is 0 Å². The molecular formula is C13H18ClNO. The number of nitrogens with one attached hydrogen (secondary N) is 1. The van der Waals surface area contributed by atoms with Crippen LogP contribution >= 0.6 is 11.6 Å². The topological polar surface area (TPSA) is 21.3 Å². The van der Waals surface area contributed by atoms with Crippen molar-refractivity contribution >= 4 is 11.6 Å². The predicted molar refractivity (Wildman–Crippen MR) is 67.3 cm³/mol. The van der Waals surface area contributed by atoms with E-state index in [1.807, 2.05) is 12.1 Å². The Labute approximate surface area is 102 Å². The van der Waals surface area contributed by atoms with Crippen molar-refractivity contribution in [3.8, 4) is 5.75 Å². The third kappa shape index (κ3) is 2.89. The maximum atomic E-state index is 6.23. The molecule has 1 aromatic carbocycles. The zero-order chi connectivity index (χ0) is 11.4. The number of ether oxygens (including phenoxy) is 1. The molecule has 1 heterocycles. The molecule has 88 valence electrons. The highest BCUT2D eigenvalue weighted by atomic mass is 35.5. The zero-order valence-corrected chi connectivity index (χ0v) is 10.4. The molecule has 0 amide bonds. The Morgan fingerprint density at radius 1 is 1.38 bits per heavy atom. The molecule has 1 fully saturated rings. The van der Waals surface area contributed by atoms with E-state index in [-0.39, 0.29) is 0 Å². The lowest BCUT2D eigenvalue weighted by molar-refractivity contribution is 0.372. The fraction of sp³-hybridized carbons (Fsp3) is 0.538. The molecule has 0 saturated carbocycles. The van der Waals surface area contributed by atoms with Gasteiger partial charge in [0.15, 0.2) is 0 Å². The zero-order valence-electron chi connectivity index (χ0n) is 9.63. The van der Waals surface area contributed by atoms with E-state index in [1.54, 1.807) is 7.11 Å². The van der Waals surface area contributed by atoms with Crippen molar-refractivity contribution in [2.75, 3.05) is 20.2 Å². The molecule has 16 heavy (non-hydrogen) atoms. The van der Waals surface area contributed by atoms with Crippen molar-refractivity contribution < 1.29 is 4.74 Å². The first kappa shape index (κ1) is 11.7. The maximum Gasteiger partial charge on any atom is 0.120 e. The van der Waals surface area contributed by atoms with Crippen LogP contribution in [0.3, 0.4) is 0 Å². The van der Waals surface area contributed by atoms with Gasteiger partial charge in [-0.3, -0.25) is 0 Å². The average Bonchev–Trinajstić information content (AvgIpc) is 2.33. The first-order chi connectivity index (χ1) is 7.79. The van der Waals surface area contributed by atoms with Crippen LogP contribution in [0.4, 0.5) is 0 Å². The minimum atomic E-state index is 0.771. The SMILES string of the molecule is COc1ccc(CC2CCNCC2)c(Cl)c1. The lowest BCUT2D eigenvalue weighted by Gasteiger charge is -2.23. The Bertz CT molecular complexity index is 348. The van der Waals surface area contributed by atoms with Crippen LogP contribution in [-0.2, 0) is 6.42 Å². The minimum absolute atomic E-state index is 0.771. The van der Waals surface area contributed by atoms with E-state index < -0.39 is 0 Å². The molecule has 1 aliphatic rings. The summed E-state index contributed by atoms with van der Waals surface area (Å²) in [7, 11) is 1.66. The number of hydrogen-bond acceptors (Lipinski definition) is 2. The van der Waals surface area contributed by atoms with Crippen molar-refractivity contribution in [3.05, 3.63) is 28.8 Å². The van der Waals surface area contributed by atoms with Crippen molar-refractivity contribution in [2.24, 2.45) is 5.92 Å². The van der Waals surface area contributed by atoms with Crippen LogP contribution in [0.5, 0.6) is 5.75 Å². The molecule has 0 radical (unpaired) electrons. The van der Waals surface area contributed by atoms with Crippen molar-refractivity contribution in [3.63, 3.8) is 0 Å². The summed E-state index contributed by atoms with van der Waals surface area (Å²) in [6, 6.07) is 5.98. The van der Waals surface area contributed by atoms with E-state index >= 15 is 0 Å². The van der Waals surface area contributed by atoms with E-state index in [0.29, 0.717) is 0 Å². The smallest absolute Gasteiger partial charge is 0.120 e. The molecule has 2 nitrogen and oxygen atoms in total.